The number of para-hydroxylation sites is 1. The van der Waals surface area contributed by atoms with Crippen molar-refractivity contribution in [3.05, 3.63) is 90.5 Å². The van der Waals surface area contributed by atoms with Gasteiger partial charge in [-0.25, -0.2) is 0 Å². The van der Waals surface area contributed by atoms with Gasteiger partial charge < -0.3 is 24.5 Å². The quantitative estimate of drug-likeness (QED) is 0.515. The summed E-state index contributed by atoms with van der Waals surface area (Å²) < 4.78 is 7.06. The predicted molar refractivity (Wildman–Crippen MR) is 159 cm³/mol. The second-order valence-corrected chi connectivity index (χ2v) is 12.2. The minimum Gasteiger partial charge on any atom is -0.394 e. The lowest BCUT2D eigenvalue weighted by atomic mass is 9.73. The second kappa shape index (κ2) is 10.8. The molecule has 0 bridgehead atoms. The number of aliphatic hydroxyl groups is 1. The number of hydrogen-bond donors (Lipinski definition) is 1. The molecule has 0 aromatic heterocycles. The molecule has 1 N–H and O–H groups in total. The molecule has 1 unspecified atom stereocenters. The lowest BCUT2D eigenvalue weighted by molar-refractivity contribution is -0.157. The molecule has 3 amide bonds. The van der Waals surface area contributed by atoms with Crippen molar-refractivity contribution < 1.29 is 24.2 Å². The highest BCUT2D eigenvalue weighted by Gasteiger charge is 2.76. The minimum atomic E-state index is -1.36. The maximum absolute atomic E-state index is 14.7. The molecule has 2 aromatic rings. The monoisotopic (exact) mass is 569 g/mol. The summed E-state index contributed by atoms with van der Waals surface area (Å²) in [7, 11) is 0. The molecule has 8 nitrogen and oxygen atoms in total. The standard InChI is InChI=1S/C34H39N3O5/c1-4-33-17-11-20-36(25-15-9-6-10-16-25)30(39)27(33)28-31(40)37(26(22-38)23(2)3)29-32(41)35(19-12-18-34(28,29)42-33)21-24-13-7-5-8-14-24/h5-18,23,26-29,38H,4,19-22H2,1-3H3/t26-,27+,28-,29?,33-,34-/m0/s1. The SMILES string of the molecule is CC[C@]12C=CCN(c3ccccc3)C(=O)[C@H]1[C@H]1C(=O)N([C@@H](CO)C(C)C)C3C(=O)N(Cc4ccccc4)CC=C[C@@]31O2. The third-order valence-electron chi connectivity index (χ3n) is 9.56. The Bertz CT molecular complexity index is 1410. The number of carbonyl (C=O) groups excluding carboxylic acids is 3. The van der Waals surface area contributed by atoms with Crippen LogP contribution in [0.1, 0.15) is 32.8 Å². The lowest BCUT2D eigenvalue weighted by Gasteiger charge is -2.41. The number of fused-ring (bicyclic) bond motifs is 2. The van der Waals surface area contributed by atoms with E-state index in [9.17, 15) is 19.5 Å². The van der Waals surface area contributed by atoms with Crippen molar-refractivity contribution in [3.8, 4) is 0 Å². The van der Waals surface area contributed by atoms with Crippen LogP contribution in [0.3, 0.4) is 0 Å². The molecule has 4 aliphatic heterocycles. The molecule has 8 heteroatoms. The Hall–Kier alpha value is -3.75. The molecule has 0 saturated carbocycles. The van der Waals surface area contributed by atoms with Gasteiger partial charge in [-0.05, 0) is 30.0 Å². The molecule has 0 radical (unpaired) electrons. The number of nitrogens with zero attached hydrogens (tertiary/aromatic N) is 3. The topological polar surface area (TPSA) is 90.4 Å². The summed E-state index contributed by atoms with van der Waals surface area (Å²) in [4.78, 5) is 48.9. The van der Waals surface area contributed by atoms with Gasteiger partial charge in [-0.2, -0.15) is 0 Å². The van der Waals surface area contributed by atoms with Crippen LogP contribution in [0.25, 0.3) is 0 Å². The molecule has 6 atom stereocenters. The molecule has 2 aromatic carbocycles. The summed E-state index contributed by atoms with van der Waals surface area (Å²) in [5, 5.41) is 10.5. The molecule has 42 heavy (non-hydrogen) atoms. The van der Waals surface area contributed by atoms with Gasteiger partial charge in [0.2, 0.25) is 17.7 Å². The van der Waals surface area contributed by atoms with Crippen molar-refractivity contribution in [2.24, 2.45) is 17.8 Å². The number of ether oxygens (including phenoxy) is 1. The Morgan fingerprint density at radius 2 is 1.55 bits per heavy atom. The van der Waals surface area contributed by atoms with E-state index in [0.29, 0.717) is 26.1 Å². The molecule has 2 fully saturated rings. The molecular weight excluding hydrogens is 530 g/mol. The van der Waals surface area contributed by atoms with Crippen LogP contribution in [-0.4, -0.2) is 75.6 Å². The highest BCUT2D eigenvalue weighted by atomic mass is 16.5. The van der Waals surface area contributed by atoms with Crippen molar-refractivity contribution in [1.82, 2.24) is 9.80 Å². The van der Waals surface area contributed by atoms with Crippen molar-refractivity contribution >= 4 is 23.4 Å². The fourth-order valence-corrected chi connectivity index (χ4v) is 7.51. The van der Waals surface area contributed by atoms with Crippen LogP contribution in [0.2, 0.25) is 0 Å². The Morgan fingerprint density at radius 1 is 0.881 bits per heavy atom. The largest absolute Gasteiger partial charge is 0.394 e. The number of likely N-dealkylation sites (tertiary alicyclic amines) is 1. The maximum atomic E-state index is 14.7. The summed E-state index contributed by atoms with van der Waals surface area (Å²) in [6.07, 6.45) is 8.13. The zero-order chi connectivity index (χ0) is 29.6. The van der Waals surface area contributed by atoms with Crippen LogP contribution in [-0.2, 0) is 25.7 Å². The molecule has 6 rings (SSSR count). The number of benzene rings is 2. The molecule has 1 spiro atoms. The molecule has 4 aliphatic rings. The lowest BCUT2D eigenvalue weighted by Crippen LogP contribution is -2.59. The first-order valence-electron chi connectivity index (χ1n) is 15.0. The van der Waals surface area contributed by atoms with Crippen LogP contribution < -0.4 is 4.90 Å². The summed E-state index contributed by atoms with van der Waals surface area (Å²) in [5.41, 5.74) is -0.695. The minimum absolute atomic E-state index is 0.126. The highest BCUT2D eigenvalue weighted by molar-refractivity contribution is 6.04. The first kappa shape index (κ1) is 28.4. The van der Waals surface area contributed by atoms with Gasteiger partial charge in [0.1, 0.15) is 11.6 Å². The van der Waals surface area contributed by atoms with Gasteiger partial charge in [-0.15, -0.1) is 0 Å². The van der Waals surface area contributed by atoms with Gasteiger partial charge in [-0.1, -0.05) is 93.6 Å². The van der Waals surface area contributed by atoms with Crippen molar-refractivity contribution in [3.63, 3.8) is 0 Å². The van der Waals surface area contributed by atoms with Gasteiger partial charge in [-0.3, -0.25) is 14.4 Å². The Morgan fingerprint density at radius 3 is 2.19 bits per heavy atom. The third kappa shape index (κ3) is 4.23. The Kier molecular flexibility index (Phi) is 7.31. The van der Waals surface area contributed by atoms with E-state index in [1.165, 1.54) is 0 Å². The van der Waals surface area contributed by atoms with Crippen LogP contribution >= 0.6 is 0 Å². The maximum Gasteiger partial charge on any atom is 0.249 e. The van der Waals surface area contributed by atoms with Crippen LogP contribution in [0, 0.1) is 17.8 Å². The number of anilines is 1. The average Bonchev–Trinajstić information content (AvgIpc) is 3.29. The van der Waals surface area contributed by atoms with E-state index in [2.05, 4.69) is 0 Å². The summed E-state index contributed by atoms with van der Waals surface area (Å²) in [6.45, 7) is 6.61. The second-order valence-electron chi connectivity index (χ2n) is 12.2. The van der Waals surface area contributed by atoms with Gasteiger partial charge in [0.25, 0.3) is 0 Å². The van der Waals surface area contributed by atoms with Gasteiger partial charge in [0.05, 0.1) is 30.1 Å². The van der Waals surface area contributed by atoms with Crippen LogP contribution in [0.15, 0.2) is 85.0 Å². The first-order chi connectivity index (χ1) is 20.3. The van der Waals surface area contributed by atoms with Gasteiger partial charge in [0, 0.05) is 25.3 Å². The summed E-state index contributed by atoms with van der Waals surface area (Å²) >= 11 is 0. The van der Waals surface area contributed by atoms with E-state index < -0.39 is 35.1 Å². The first-order valence-corrected chi connectivity index (χ1v) is 15.0. The highest BCUT2D eigenvalue weighted by Crippen LogP contribution is 2.59. The molecular formula is C34H39N3O5. The van der Waals surface area contributed by atoms with E-state index in [1.807, 2.05) is 106 Å². The number of aliphatic hydroxyl groups excluding tert-OH is 1. The number of rotatable bonds is 7. The average molecular weight is 570 g/mol. The third-order valence-corrected chi connectivity index (χ3v) is 9.56. The number of amides is 3. The van der Waals surface area contributed by atoms with Crippen LogP contribution in [0.4, 0.5) is 5.69 Å². The Labute approximate surface area is 247 Å². The van der Waals surface area contributed by atoms with Crippen LogP contribution in [0.5, 0.6) is 0 Å². The zero-order valence-electron chi connectivity index (χ0n) is 24.4. The summed E-state index contributed by atoms with van der Waals surface area (Å²) in [6, 6.07) is 17.6. The number of hydrogen-bond acceptors (Lipinski definition) is 5. The van der Waals surface area contributed by atoms with E-state index in [1.54, 1.807) is 14.7 Å². The molecule has 4 heterocycles. The molecule has 0 aliphatic carbocycles. The molecule has 2 saturated heterocycles. The van der Waals surface area contributed by atoms with Gasteiger partial charge >= 0.3 is 0 Å². The van der Waals surface area contributed by atoms with Crippen molar-refractivity contribution in [1.29, 1.82) is 0 Å². The fraction of sp³-hybridized carbons (Fsp3) is 0.441. The Balaban J connectivity index is 1.49. The smallest absolute Gasteiger partial charge is 0.249 e. The molecule has 220 valence electrons. The normalized spacial score (nSPS) is 31.2. The van der Waals surface area contributed by atoms with Crippen molar-refractivity contribution in [2.75, 3.05) is 24.6 Å². The van der Waals surface area contributed by atoms with E-state index >= 15 is 0 Å². The fourth-order valence-electron chi connectivity index (χ4n) is 7.51. The number of carbonyl (C=O) groups is 3. The summed E-state index contributed by atoms with van der Waals surface area (Å²) in [5.74, 6) is -2.64. The van der Waals surface area contributed by atoms with E-state index in [-0.39, 0.29) is 30.2 Å². The van der Waals surface area contributed by atoms with E-state index in [4.69, 9.17) is 4.74 Å². The van der Waals surface area contributed by atoms with Gasteiger partial charge in [0.15, 0.2) is 0 Å². The van der Waals surface area contributed by atoms with Crippen molar-refractivity contribution in [2.45, 2.75) is 57.0 Å². The predicted octanol–water partition coefficient (Wildman–Crippen LogP) is 3.57. The zero-order valence-corrected chi connectivity index (χ0v) is 24.4. The van der Waals surface area contributed by atoms with E-state index in [0.717, 1.165) is 11.3 Å².